The number of urea groups is 1. The van der Waals surface area contributed by atoms with Gasteiger partial charge in [0.1, 0.15) is 0 Å². The van der Waals surface area contributed by atoms with E-state index in [-0.39, 0.29) is 6.03 Å². The van der Waals surface area contributed by atoms with Crippen LogP contribution in [-0.2, 0) is 0 Å². The van der Waals surface area contributed by atoms with Crippen molar-refractivity contribution in [3.05, 3.63) is 28.2 Å². The molecule has 0 radical (unpaired) electrons. The Balaban J connectivity index is 2.00. The molecule has 1 heterocycles. The van der Waals surface area contributed by atoms with Gasteiger partial charge in [0, 0.05) is 23.2 Å². The number of amides is 2. The van der Waals surface area contributed by atoms with Crippen LogP contribution in [0.4, 0.5) is 10.5 Å². The lowest BCUT2D eigenvalue weighted by Crippen LogP contribution is -2.42. The average molecular weight is 325 g/mol. The summed E-state index contributed by atoms with van der Waals surface area (Å²) in [5.41, 5.74) is 1.97. The summed E-state index contributed by atoms with van der Waals surface area (Å²) in [7, 11) is 0. The summed E-state index contributed by atoms with van der Waals surface area (Å²) in [5.74, 6) is 0.658. The first-order chi connectivity index (χ1) is 9.10. The van der Waals surface area contributed by atoms with E-state index in [9.17, 15) is 4.79 Å². The molecule has 1 N–H and O–H groups in total. The van der Waals surface area contributed by atoms with Gasteiger partial charge in [-0.1, -0.05) is 29.3 Å². The lowest BCUT2D eigenvalue weighted by Gasteiger charge is -2.32. The fourth-order valence-electron chi connectivity index (χ4n) is 2.54. The molecule has 1 aliphatic heterocycles. The van der Waals surface area contributed by atoms with Gasteiger partial charge in [-0.3, -0.25) is 0 Å². The Kier molecular flexibility index (Phi) is 4.86. The van der Waals surface area contributed by atoms with Crippen molar-refractivity contribution in [2.45, 2.75) is 33.1 Å². The quantitative estimate of drug-likeness (QED) is 0.858. The lowest BCUT2D eigenvalue weighted by atomic mass is 9.96. The Morgan fingerprint density at radius 3 is 3.00 bits per heavy atom. The highest BCUT2D eigenvalue weighted by Crippen LogP contribution is 2.22. The van der Waals surface area contributed by atoms with Crippen molar-refractivity contribution < 1.29 is 4.79 Å². The van der Waals surface area contributed by atoms with E-state index in [0.717, 1.165) is 41.7 Å². The topological polar surface area (TPSA) is 32.3 Å². The van der Waals surface area contributed by atoms with Crippen LogP contribution in [0.1, 0.15) is 31.7 Å². The van der Waals surface area contributed by atoms with Crippen molar-refractivity contribution in [3.8, 4) is 0 Å². The monoisotopic (exact) mass is 324 g/mol. The molecule has 0 aliphatic carbocycles. The fourth-order valence-corrected chi connectivity index (χ4v) is 3.02. The van der Waals surface area contributed by atoms with Gasteiger partial charge >= 0.3 is 6.03 Å². The molecule has 0 saturated carbocycles. The van der Waals surface area contributed by atoms with Crippen LogP contribution in [0.3, 0.4) is 0 Å². The van der Waals surface area contributed by atoms with Crippen molar-refractivity contribution in [3.63, 3.8) is 0 Å². The molecule has 3 nitrogen and oxygen atoms in total. The fraction of sp³-hybridized carbons (Fsp3) is 0.533. The third kappa shape index (κ3) is 3.72. The molecule has 0 unspecified atom stereocenters. The number of nitrogens with zero attached hydrogens (tertiary/aromatic N) is 1. The molecule has 19 heavy (non-hydrogen) atoms. The van der Waals surface area contributed by atoms with Gasteiger partial charge in [0.25, 0.3) is 0 Å². The van der Waals surface area contributed by atoms with E-state index in [1.54, 1.807) is 0 Å². The largest absolute Gasteiger partial charge is 0.324 e. The van der Waals surface area contributed by atoms with Crippen LogP contribution in [0.5, 0.6) is 0 Å². The minimum absolute atomic E-state index is 0.0311. The third-order valence-corrected chi connectivity index (χ3v) is 4.31. The minimum Gasteiger partial charge on any atom is -0.324 e. The number of hydrogen-bond acceptors (Lipinski definition) is 1. The Morgan fingerprint density at radius 1 is 1.53 bits per heavy atom. The van der Waals surface area contributed by atoms with Crippen LogP contribution in [0.25, 0.3) is 0 Å². The number of likely N-dealkylation sites (tertiary alicyclic amines) is 1. The molecule has 1 aliphatic rings. The minimum atomic E-state index is 0.0311. The maximum absolute atomic E-state index is 12.3. The predicted octanol–water partition coefficient (Wildman–Crippen LogP) is 4.41. The SMILES string of the molecule is CC[C@@H]1CCCN(C(=O)Nc2ccc(Br)cc2C)C1. The number of aryl methyl sites for hydroxylation is 1. The van der Waals surface area contributed by atoms with E-state index in [0.29, 0.717) is 5.92 Å². The third-order valence-electron chi connectivity index (χ3n) is 3.81. The summed E-state index contributed by atoms with van der Waals surface area (Å²) in [6.07, 6.45) is 3.52. The second-order valence-electron chi connectivity index (χ2n) is 5.25. The zero-order valence-electron chi connectivity index (χ0n) is 11.6. The van der Waals surface area contributed by atoms with E-state index >= 15 is 0 Å². The predicted molar refractivity (Wildman–Crippen MR) is 82.5 cm³/mol. The van der Waals surface area contributed by atoms with Crippen molar-refractivity contribution >= 4 is 27.6 Å². The summed E-state index contributed by atoms with van der Waals surface area (Å²) >= 11 is 3.43. The van der Waals surface area contributed by atoms with Crippen molar-refractivity contribution in [1.82, 2.24) is 4.90 Å². The maximum atomic E-state index is 12.3. The number of carbonyl (C=O) groups is 1. The summed E-state index contributed by atoms with van der Waals surface area (Å²) in [6.45, 7) is 5.96. The number of hydrogen-bond donors (Lipinski definition) is 1. The van der Waals surface area contributed by atoms with Crippen molar-refractivity contribution in [1.29, 1.82) is 0 Å². The first kappa shape index (κ1) is 14.4. The molecule has 4 heteroatoms. The van der Waals surface area contributed by atoms with Crippen LogP contribution < -0.4 is 5.32 Å². The van der Waals surface area contributed by atoms with Crippen LogP contribution in [-0.4, -0.2) is 24.0 Å². The Bertz CT molecular complexity index is 461. The number of rotatable bonds is 2. The second kappa shape index (κ2) is 6.42. The highest BCUT2D eigenvalue weighted by Gasteiger charge is 2.22. The molecule has 104 valence electrons. The lowest BCUT2D eigenvalue weighted by molar-refractivity contribution is 0.176. The van der Waals surface area contributed by atoms with E-state index in [2.05, 4.69) is 28.2 Å². The summed E-state index contributed by atoms with van der Waals surface area (Å²) in [6, 6.07) is 5.94. The molecule has 0 aromatic heterocycles. The molecule has 2 amide bonds. The summed E-state index contributed by atoms with van der Waals surface area (Å²) in [5, 5.41) is 3.02. The Labute approximate surface area is 123 Å². The van der Waals surface area contributed by atoms with Gasteiger partial charge in [0.05, 0.1) is 0 Å². The normalized spacial score (nSPS) is 19.3. The summed E-state index contributed by atoms with van der Waals surface area (Å²) < 4.78 is 1.03. The number of benzene rings is 1. The zero-order chi connectivity index (χ0) is 13.8. The first-order valence-electron chi connectivity index (χ1n) is 6.92. The molecular formula is C15H21BrN2O. The zero-order valence-corrected chi connectivity index (χ0v) is 13.2. The molecule has 2 rings (SSSR count). The molecule has 1 saturated heterocycles. The van der Waals surface area contributed by atoms with Gasteiger partial charge in [0.15, 0.2) is 0 Å². The van der Waals surface area contributed by atoms with Crippen molar-refractivity contribution in [2.24, 2.45) is 5.92 Å². The number of piperidine rings is 1. The van der Waals surface area contributed by atoms with Crippen LogP contribution in [0, 0.1) is 12.8 Å². The molecule has 0 spiro atoms. The second-order valence-corrected chi connectivity index (χ2v) is 6.17. The van der Waals surface area contributed by atoms with E-state index in [1.807, 2.05) is 30.0 Å². The van der Waals surface area contributed by atoms with Crippen LogP contribution in [0.2, 0.25) is 0 Å². The highest BCUT2D eigenvalue weighted by atomic mass is 79.9. The van der Waals surface area contributed by atoms with Crippen LogP contribution >= 0.6 is 15.9 Å². The number of anilines is 1. The molecule has 1 fully saturated rings. The highest BCUT2D eigenvalue weighted by molar-refractivity contribution is 9.10. The maximum Gasteiger partial charge on any atom is 0.321 e. The van der Waals surface area contributed by atoms with E-state index < -0.39 is 0 Å². The number of halogens is 1. The number of nitrogens with one attached hydrogen (secondary N) is 1. The smallest absolute Gasteiger partial charge is 0.321 e. The van der Waals surface area contributed by atoms with Gasteiger partial charge in [-0.15, -0.1) is 0 Å². The first-order valence-corrected chi connectivity index (χ1v) is 7.71. The van der Waals surface area contributed by atoms with Gasteiger partial charge in [0.2, 0.25) is 0 Å². The van der Waals surface area contributed by atoms with E-state index in [4.69, 9.17) is 0 Å². The summed E-state index contributed by atoms with van der Waals surface area (Å²) in [4.78, 5) is 14.2. The van der Waals surface area contributed by atoms with Gasteiger partial charge in [-0.25, -0.2) is 4.79 Å². The van der Waals surface area contributed by atoms with Crippen molar-refractivity contribution in [2.75, 3.05) is 18.4 Å². The molecular weight excluding hydrogens is 304 g/mol. The van der Waals surface area contributed by atoms with E-state index in [1.165, 1.54) is 6.42 Å². The molecule has 1 aromatic carbocycles. The van der Waals surface area contributed by atoms with Crippen LogP contribution in [0.15, 0.2) is 22.7 Å². The average Bonchev–Trinajstić information content (AvgIpc) is 2.42. The Hall–Kier alpha value is -1.03. The standard InChI is InChI=1S/C15H21BrN2O/c1-3-12-5-4-8-18(10-12)15(19)17-14-7-6-13(16)9-11(14)2/h6-7,9,12H,3-5,8,10H2,1-2H3,(H,17,19)/t12-/m1/s1. The molecule has 0 bridgehead atoms. The molecule has 1 aromatic rings. The van der Waals surface area contributed by atoms with Gasteiger partial charge < -0.3 is 10.2 Å². The van der Waals surface area contributed by atoms with Gasteiger partial charge in [-0.2, -0.15) is 0 Å². The molecule has 1 atom stereocenters. The van der Waals surface area contributed by atoms with Gasteiger partial charge in [-0.05, 0) is 49.4 Å². The Morgan fingerprint density at radius 2 is 2.32 bits per heavy atom. The number of carbonyl (C=O) groups excluding carboxylic acids is 1.